The maximum Gasteiger partial charge on any atom is 0.254 e. The molecule has 0 heterocycles. The molecule has 1 atom stereocenters. The van der Waals surface area contributed by atoms with Crippen molar-refractivity contribution in [1.82, 2.24) is 5.32 Å². The predicted octanol–water partition coefficient (Wildman–Crippen LogP) is 4.47. The molecule has 0 fully saturated rings. The topological polar surface area (TPSA) is 29.1 Å². The van der Waals surface area contributed by atoms with Gasteiger partial charge < -0.3 is 5.32 Å². The number of carbonyl (C=O) groups excluding carboxylic acids is 1. The van der Waals surface area contributed by atoms with Crippen LogP contribution < -0.4 is 5.32 Å². The second kappa shape index (κ2) is 6.66. The van der Waals surface area contributed by atoms with Gasteiger partial charge in [-0.25, -0.2) is 4.39 Å². The summed E-state index contributed by atoms with van der Waals surface area (Å²) >= 11 is 3.38. The van der Waals surface area contributed by atoms with E-state index in [1.54, 1.807) is 12.1 Å². The van der Waals surface area contributed by atoms with Gasteiger partial charge in [-0.05, 0) is 36.2 Å². The van der Waals surface area contributed by atoms with Crippen LogP contribution in [0, 0.1) is 5.82 Å². The molecule has 2 aromatic rings. The fourth-order valence-electron chi connectivity index (χ4n) is 2.00. The first kappa shape index (κ1) is 14.7. The van der Waals surface area contributed by atoms with Gasteiger partial charge in [0.2, 0.25) is 0 Å². The molecule has 0 spiro atoms. The van der Waals surface area contributed by atoms with Gasteiger partial charge in [0.1, 0.15) is 5.82 Å². The van der Waals surface area contributed by atoms with E-state index >= 15 is 0 Å². The fourth-order valence-corrected chi connectivity index (χ4v) is 2.26. The second-order valence-electron chi connectivity index (χ2n) is 4.47. The number of amides is 1. The Bertz CT molecular complexity index is 598. The van der Waals surface area contributed by atoms with Crippen LogP contribution in [-0.2, 0) is 0 Å². The number of rotatable bonds is 4. The van der Waals surface area contributed by atoms with Crippen molar-refractivity contribution in [3.8, 4) is 0 Å². The Hall–Kier alpha value is -1.68. The van der Waals surface area contributed by atoms with Gasteiger partial charge in [-0.1, -0.05) is 47.1 Å². The number of nitrogens with one attached hydrogen (secondary N) is 1. The van der Waals surface area contributed by atoms with Crippen molar-refractivity contribution < 1.29 is 9.18 Å². The minimum Gasteiger partial charge on any atom is -0.345 e. The van der Waals surface area contributed by atoms with Gasteiger partial charge in [-0.15, -0.1) is 0 Å². The monoisotopic (exact) mass is 335 g/mol. The molecular formula is C16H15BrFNO. The zero-order valence-electron chi connectivity index (χ0n) is 11.1. The third kappa shape index (κ3) is 3.45. The van der Waals surface area contributed by atoms with Crippen LogP contribution >= 0.6 is 15.9 Å². The molecule has 4 heteroatoms. The summed E-state index contributed by atoms with van der Waals surface area (Å²) in [5, 5.41) is 2.87. The van der Waals surface area contributed by atoms with Gasteiger partial charge in [-0.2, -0.15) is 0 Å². The number of hydrogen-bond acceptors (Lipinski definition) is 1. The average Bonchev–Trinajstić information content (AvgIpc) is 2.46. The van der Waals surface area contributed by atoms with E-state index in [0.717, 1.165) is 16.5 Å². The second-order valence-corrected chi connectivity index (χ2v) is 5.38. The number of carbonyl (C=O) groups is 1. The maximum absolute atomic E-state index is 13.6. The van der Waals surface area contributed by atoms with E-state index < -0.39 is 11.7 Å². The van der Waals surface area contributed by atoms with Crippen molar-refractivity contribution >= 4 is 21.8 Å². The van der Waals surface area contributed by atoms with Crippen LogP contribution in [0.3, 0.4) is 0 Å². The SMILES string of the molecule is CCC(NC(=O)c1ccccc1F)c1ccc(Br)cc1. The van der Waals surface area contributed by atoms with E-state index in [9.17, 15) is 9.18 Å². The Morgan fingerprint density at radius 1 is 1.20 bits per heavy atom. The van der Waals surface area contributed by atoms with E-state index in [2.05, 4.69) is 21.2 Å². The molecule has 2 nitrogen and oxygen atoms in total. The lowest BCUT2D eigenvalue weighted by Crippen LogP contribution is -2.28. The lowest BCUT2D eigenvalue weighted by Gasteiger charge is -2.17. The minimum atomic E-state index is -0.504. The summed E-state index contributed by atoms with van der Waals surface area (Å²) in [6.45, 7) is 1.98. The first-order valence-corrected chi connectivity index (χ1v) is 7.22. The van der Waals surface area contributed by atoms with E-state index in [4.69, 9.17) is 0 Å². The lowest BCUT2D eigenvalue weighted by atomic mass is 10.0. The molecule has 0 saturated carbocycles. The molecule has 0 saturated heterocycles. The molecule has 1 unspecified atom stereocenters. The molecule has 104 valence electrons. The van der Waals surface area contributed by atoms with Crippen molar-refractivity contribution in [2.45, 2.75) is 19.4 Å². The minimum absolute atomic E-state index is 0.0723. The van der Waals surface area contributed by atoms with Crippen molar-refractivity contribution in [2.24, 2.45) is 0 Å². The average molecular weight is 336 g/mol. The quantitative estimate of drug-likeness (QED) is 0.877. The lowest BCUT2D eigenvalue weighted by molar-refractivity contribution is 0.0931. The molecule has 0 aliphatic heterocycles. The summed E-state index contributed by atoms with van der Waals surface area (Å²) in [7, 11) is 0. The third-order valence-electron chi connectivity index (χ3n) is 3.10. The van der Waals surface area contributed by atoms with Crippen molar-refractivity contribution in [3.63, 3.8) is 0 Å². The van der Waals surface area contributed by atoms with Crippen LogP contribution in [0.15, 0.2) is 53.0 Å². The van der Waals surface area contributed by atoms with Gasteiger partial charge >= 0.3 is 0 Å². The fraction of sp³-hybridized carbons (Fsp3) is 0.188. The number of hydrogen-bond donors (Lipinski definition) is 1. The van der Waals surface area contributed by atoms with Crippen molar-refractivity contribution in [3.05, 3.63) is 69.9 Å². The van der Waals surface area contributed by atoms with Crippen molar-refractivity contribution in [2.75, 3.05) is 0 Å². The molecule has 2 aromatic carbocycles. The summed E-state index contributed by atoms with van der Waals surface area (Å²) in [4.78, 5) is 12.1. The van der Waals surface area contributed by atoms with Gasteiger partial charge in [0.25, 0.3) is 5.91 Å². The normalized spacial score (nSPS) is 11.9. The van der Waals surface area contributed by atoms with Gasteiger partial charge in [0.15, 0.2) is 0 Å². The van der Waals surface area contributed by atoms with E-state index in [1.807, 2.05) is 31.2 Å². The van der Waals surface area contributed by atoms with Crippen LogP contribution in [0.25, 0.3) is 0 Å². The van der Waals surface area contributed by atoms with Crippen LogP contribution in [0.4, 0.5) is 4.39 Å². The van der Waals surface area contributed by atoms with E-state index in [-0.39, 0.29) is 11.6 Å². The van der Waals surface area contributed by atoms with E-state index in [0.29, 0.717) is 0 Å². The van der Waals surface area contributed by atoms with Gasteiger partial charge in [0, 0.05) is 4.47 Å². The zero-order chi connectivity index (χ0) is 14.5. The summed E-state index contributed by atoms with van der Waals surface area (Å²) in [6.07, 6.45) is 0.738. The highest BCUT2D eigenvalue weighted by Gasteiger charge is 2.16. The third-order valence-corrected chi connectivity index (χ3v) is 3.63. The Morgan fingerprint density at radius 2 is 1.85 bits per heavy atom. The van der Waals surface area contributed by atoms with Gasteiger partial charge in [0.05, 0.1) is 11.6 Å². The summed E-state index contributed by atoms with van der Waals surface area (Å²) in [6, 6.07) is 13.6. The molecule has 1 N–H and O–H groups in total. The first-order valence-electron chi connectivity index (χ1n) is 6.42. The molecule has 0 aliphatic rings. The molecular weight excluding hydrogens is 321 g/mol. The largest absolute Gasteiger partial charge is 0.345 e. The number of halogens is 2. The van der Waals surface area contributed by atoms with Crippen molar-refractivity contribution in [1.29, 1.82) is 0 Å². The first-order chi connectivity index (χ1) is 9.61. The highest BCUT2D eigenvalue weighted by molar-refractivity contribution is 9.10. The summed E-state index contributed by atoms with van der Waals surface area (Å²) < 4.78 is 14.6. The molecule has 0 bridgehead atoms. The molecule has 20 heavy (non-hydrogen) atoms. The Morgan fingerprint density at radius 3 is 2.45 bits per heavy atom. The predicted molar refractivity (Wildman–Crippen MR) is 81.0 cm³/mol. The Balaban J connectivity index is 2.16. The molecule has 0 aliphatic carbocycles. The summed E-state index contributed by atoms with van der Waals surface area (Å²) in [5.74, 6) is -0.895. The zero-order valence-corrected chi connectivity index (χ0v) is 12.7. The molecule has 0 radical (unpaired) electrons. The molecule has 0 aromatic heterocycles. The number of benzene rings is 2. The van der Waals surface area contributed by atoms with Crippen LogP contribution in [0.2, 0.25) is 0 Å². The summed E-state index contributed by atoms with van der Waals surface area (Å²) in [5.41, 5.74) is 1.07. The molecule has 1 amide bonds. The smallest absolute Gasteiger partial charge is 0.254 e. The Labute approximate surface area is 126 Å². The maximum atomic E-state index is 13.6. The van der Waals surface area contributed by atoms with Crippen LogP contribution in [0.5, 0.6) is 0 Å². The highest BCUT2D eigenvalue weighted by atomic mass is 79.9. The van der Waals surface area contributed by atoms with Crippen LogP contribution in [0.1, 0.15) is 35.3 Å². The Kier molecular flexibility index (Phi) is 4.90. The van der Waals surface area contributed by atoms with Gasteiger partial charge in [-0.3, -0.25) is 4.79 Å². The molecule has 2 rings (SSSR count). The van der Waals surface area contributed by atoms with Crippen LogP contribution in [-0.4, -0.2) is 5.91 Å². The standard InChI is InChI=1S/C16H15BrFNO/c1-2-15(11-7-9-12(17)10-8-11)19-16(20)13-5-3-4-6-14(13)18/h3-10,15H,2H2,1H3,(H,19,20). The highest BCUT2D eigenvalue weighted by Crippen LogP contribution is 2.20. The van der Waals surface area contributed by atoms with E-state index in [1.165, 1.54) is 12.1 Å².